The van der Waals surface area contributed by atoms with Crippen molar-refractivity contribution >= 4 is 11.7 Å². The molecule has 116 valence electrons. The summed E-state index contributed by atoms with van der Waals surface area (Å²) in [5, 5.41) is 3.29. The summed E-state index contributed by atoms with van der Waals surface area (Å²) in [6.07, 6.45) is 3.77. The molecule has 1 aromatic rings. The lowest BCUT2D eigenvalue weighted by atomic mass is 9.85. The zero-order valence-corrected chi connectivity index (χ0v) is 13.5. The average Bonchev–Trinajstić information content (AvgIpc) is 2.59. The normalized spacial score (nSPS) is 18.4. The van der Waals surface area contributed by atoms with Crippen molar-refractivity contribution in [1.29, 1.82) is 0 Å². The van der Waals surface area contributed by atoms with Gasteiger partial charge in [-0.2, -0.15) is 0 Å². The molecule has 0 radical (unpaired) electrons. The minimum Gasteiger partial charge on any atom is -0.370 e. The van der Waals surface area contributed by atoms with Gasteiger partial charge < -0.3 is 10.2 Å². The Morgan fingerprint density at radius 1 is 1.33 bits per heavy atom. The average molecular weight is 289 g/mol. The van der Waals surface area contributed by atoms with Crippen molar-refractivity contribution in [3.8, 4) is 0 Å². The van der Waals surface area contributed by atoms with E-state index in [1.54, 1.807) is 0 Å². The first-order valence-corrected chi connectivity index (χ1v) is 7.98. The third kappa shape index (κ3) is 4.73. The van der Waals surface area contributed by atoms with Crippen LogP contribution in [0.1, 0.15) is 52.1 Å². The maximum atomic E-state index is 12.2. The van der Waals surface area contributed by atoms with Crippen LogP contribution in [0, 0.1) is 5.41 Å². The molecule has 1 aliphatic heterocycles. The lowest BCUT2D eigenvalue weighted by Crippen LogP contribution is -2.30. The standard InChI is InChI=1S/C17H27N3O/c1-4-11-18-15-7-5-6-14(19-15)13-20-12-10-17(2,3)9-8-16(20)21/h5-7H,4,8-13H2,1-3H3,(H,18,19). The van der Waals surface area contributed by atoms with Crippen LogP contribution in [-0.4, -0.2) is 28.9 Å². The van der Waals surface area contributed by atoms with E-state index >= 15 is 0 Å². The van der Waals surface area contributed by atoms with Crippen LogP contribution in [0.25, 0.3) is 0 Å². The Morgan fingerprint density at radius 3 is 2.90 bits per heavy atom. The van der Waals surface area contributed by atoms with Crippen LogP contribution in [0.15, 0.2) is 18.2 Å². The summed E-state index contributed by atoms with van der Waals surface area (Å²) in [7, 11) is 0. The lowest BCUT2D eigenvalue weighted by Gasteiger charge is -2.23. The maximum Gasteiger partial charge on any atom is 0.222 e. The van der Waals surface area contributed by atoms with Gasteiger partial charge in [-0.15, -0.1) is 0 Å². The molecule has 1 N–H and O–H groups in total. The van der Waals surface area contributed by atoms with Gasteiger partial charge in [0.1, 0.15) is 5.82 Å². The molecule has 4 nitrogen and oxygen atoms in total. The molecule has 0 aliphatic carbocycles. The molecule has 2 heterocycles. The van der Waals surface area contributed by atoms with Gasteiger partial charge in [0.15, 0.2) is 0 Å². The highest BCUT2D eigenvalue weighted by Crippen LogP contribution is 2.30. The Morgan fingerprint density at radius 2 is 2.14 bits per heavy atom. The van der Waals surface area contributed by atoms with Crippen molar-refractivity contribution in [3.05, 3.63) is 23.9 Å². The Kier molecular flexibility index (Phi) is 5.21. The molecule has 4 heteroatoms. The Bertz CT molecular complexity index is 485. The fraction of sp³-hybridized carbons (Fsp3) is 0.647. The van der Waals surface area contributed by atoms with E-state index in [2.05, 4.69) is 31.1 Å². The molecule has 0 unspecified atom stereocenters. The first-order chi connectivity index (χ1) is 10.00. The lowest BCUT2D eigenvalue weighted by molar-refractivity contribution is -0.131. The highest BCUT2D eigenvalue weighted by molar-refractivity contribution is 5.76. The van der Waals surface area contributed by atoms with Gasteiger partial charge in [0.05, 0.1) is 12.2 Å². The number of likely N-dealkylation sites (tertiary alicyclic amines) is 1. The first-order valence-electron chi connectivity index (χ1n) is 7.98. The predicted octanol–water partition coefficient (Wildman–Crippen LogP) is 3.44. The number of nitrogens with zero attached hydrogens (tertiary/aromatic N) is 2. The molecule has 0 bridgehead atoms. The quantitative estimate of drug-likeness (QED) is 0.903. The van der Waals surface area contributed by atoms with E-state index in [0.717, 1.165) is 43.9 Å². The van der Waals surface area contributed by atoms with Gasteiger partial charge in [-0.05, 0) is 36.8 Å². The number of rotatable bonds is 5. The molecule has 1 aliphatic rings. The first kappa shape index (κ1) is 15.8. The van der Waals surface area contributed by atoms with E-state index in [1.807, 2.05) is 23.1 Å². The molecule has 0 atom stereocenters. The number of aromatic nitrogens is 1. The summed E-state index contributed by atoms with van der Waals surface area (Å²) in [6.45, 7) is 9.01. The van der Waals surface area contributed by atoms with Crippen molar-refractivity contribution in [3.63, 3.8) is 0 Å². The van der Waals surface area contributed by atoms with Crippen LogP contribution >= 0.6 is 0 Å². The monoisotopic (exact) mass is 289 g/mol. The summed E-state index contributed by atoms with van der Waals surface area (Å²) in [5.41, 5.74) is 1.23. The van der Waals surface area contributed by atoms with Gasteiger partial charge >= 0.3 is 0 Å². The molecule has 1 fully saturated rings. The number of anilines is 1. The predicted molar refractivity (Wildman–Crippen MR) is 86.1 cm³/mol. The minimum atomic E-state index is 0.259. The van der Waals surface area contributed by atoms with Gasteiger partial charge in [-0.25, -0.2) is 4.98 Å². The summed E-state index contributed by atoms with van der Waals surface area (Å²) in [6, 6.07) is 5.99. The summed E-state index contributed by atoms with van der Waals surface area (Å²) in [4.78, 5) is 18.8. The minimum absolute atomic E-state index is 0.259. The van der Waals surface area contributed by atoms with Crippen LogP contribution in [0.2, 0.25) is 0 Å². The topological polar surface area (TPSA) is 45.2 Å². The summed E-state index contributed by atoms with van der Waals surface area (Å²) >= 11 is 0. The van der Waals surface area contributed by atoms with Crippen molar-refractivity contribution < 1.29 is 4.79 Å². The van der Waals surface area contributed by atoms with E-state index in [-0.39, 0.29) is 11.3 Å². The molecule has 1 amide bonds. The molecule has 21 heavy (non-hydrogen) atoms. The number of carbonyl (C=O) groups excluding carboxylic acids is 1. The van der Waals surface area contributed by atoms with Crippen molar-refractivity contribution in [2.75, 3.05) is 18.4 Å². The summed E-state index contributed by atoms with van der Waals surface area (Å²) < 4.78 is 0. The molecule has 2 rings (SSSR count). The smallest absolute Gasteiger partial charge is 0.222 e. The van der Waals surface area contributed by atoms with Gasteiger partial charge in [0.2, 0.25) is 5.91 Å². The highest BCUT2D eigenvalue weighted by Gasteiger charge is 2.27. The Balaban J connectivity index is 2.01. The number of hydrogen-bond acceptors (Lipinski definition) is 3. The number of pyridine rings is 1. The van der Waals surface area contributed by atoms with Gasteiger partial charge in [-0.1, -0.05) is 26.8 Å². The van der Waals surface area contributed by atoms with Gasteiger partial charge in [-0.3, -0.25) is 4.79 Å². The molecule has 1 saturated heterocycles. The third-order valence-electron chi connectivity index (χ3n) is 4.14. The fourth-order valence-electron chi connectivity index (χ4n) is 2.57. The molecule has 0 spiro atoms. The molecule has 0 aromatic carbocycles. The van der Waals surface area contributed by atoms with E-state index in [9.17, 15) is 4.79 Å². The number of amides is 1. The highest BCUT2D eigenvalue weighted by atomic mass is 16.2. The Labute approximate surface area is 127 Å². The second-order valence-corrected chi connectivity index (χ2v) is 6.67. The van der Waals surface area contributed by atoms with Gasteiger partial charge in [0.25, 0.3) is 0 Å². The molecular formula is C17H27N3O. The maximum absolute atomic E-state index is 12.2. The van der Waals surface area contributed by atoms with Crippen LogP contribution < -0.4 is 5.32 Å². The zero-order valence-electron chi connectivity index (χ0n) is 13.5. The largest absolute Gasteiger partial charge is 0.370 e. The van der Waals surface area contributed by atoms with Gasteiger partial charge in [0, 0.05) is 19.5 Å². The van der Waals surface area contributed by atoms with E-state index in [0.29, 0.717) is 13.0 Å². The zero-order chi connectivity index (χ0) is 15.3. The third-order valence-corrected chi connectivity index (χ3v) is 4.14. The van der Waals surface area contributed by atoms with Crippen LogP contribution in [0.3, 0.4) is 0 Å². The molecule has 0 saturated carbocycles. The number of nitrogens with one attached hydrogen (secondary N) is 1. The van der Waals surface area contributed by atoms with E-state index in [4.69, 9.17) is 0 Å². The second-order valence-electron chi connectivity index (χ2n) is 6.67. The van der Waals surface area contributed by atoms with Crippen LogP contribution in [0.5, 0.6) is 0 Å². The molecule has 1 aromatic heterocycles. The number of carbonyl (C=O) groups is 1. The SMILES string of the molecule is CCCNc1cccc(CN2CCC(C)(C)CCC2=O)n1. The van der Waals surface area contributed by atoms with Crippen molar-refractivity contribution in [1.82, 2.24) is 9.88 Å². The Hall–Kier alpha value is -1.58. The van der Waals surface area contributed by atoms with Crippen LogP contribution in [-0.2, 0) is 11.3 Å². The number of hydrogen-bond donors (Lipinski definition) is 1. The summed E-state index contributed by atoms with van der Waals surface area (Å²) in [5.74, 6) is 1.16. The second kappa shape index (κ2) is 6.92. The molecular weight excluding hydrogens is 262 g/mol. The van der Waals surface area contributed by atoms with E-state index in [1.165, 1.54) is 0 Å². The fourth-order valence-corrected chi connectivity index (χ4v) is 2.57. The van der Waals surface area contributed by atoms with Crippen molar-refractivity contribution in [2.45, 2.75) is 53.0 Å². The van der Waals surface area contributed by atoms with E-state index < -0.39 is 0 Å². The van der Waals surface area contributed by atoms with Crippen molar-refractivity contribution in [2.24, 2.45) is 5.41 Å². The van der Waals surface area contributed by atoms with Crippen LogP contribution in [0.4, 0.5) is 5.82 Å².